The highest BCUT2D eigenvalue weighted by molar-refractivity contribution is 6.31. The second-order valence-corrected chi connectivity index (χ2v) is 5.09. The number of benzene rings is 1. The first kappa shape index (κ1) is 12.8. The van der Waals surface area contributed by atoms with E-state index in [1.807, 2.05) is 7.05 Å². The summed E-state index contributed by atoms with van der Waals surface area (Å²) in [6, 6.07) is 4.57. The monoisotopic (exact) mass is 256 g/mol. The summed E-state index contributed by atoms with van der Waals surface area (Å²) in [7, 11) is 1.98. The molecule has 1 aliphatic heterocycles. The summed E-state index contributed by atoms with van der Waals surface area (Å²) in [5.74, 6) is 0.489. The van der Waals surface area contributed by atoms with E-state index >= 15 is 0 Å². The van der Waals surface area contributed by atoms with E-state index in [0.29, 0.717) is 10.9 Å². The van der Waals surface area contributed by atoms with Crippen molar-refractivity contribution in [2.75, 3.05) is 26.7 Å². The van der Waals surface area contributed by atoms with Gasteiger partial charge in [-0.3, -0.25) is 4.90 Å². The highest BCUT2D eigenvalue weighted by Gasteiger charge is 2.22. The molecule has 1 atom stereocenters. The van der Waals surface area contributed by atoms with Gasteiger partial charge in [-0.05, 0) is 56.2 Å². The van der Waals surface area contributed by atoms with Crippen LogP contribution in [0.4, 0.5) is 4.39 Å². The minimum absolute atomic E-state index is 0.213. The lowest BCUT2D eigenvalue weighted by molar-refractivity contribution is 0.315. The van der Waals surface area contributed by atoms with E-state index in [1.165, 1.54) is 18.6 Å². The predicted molar refractivity (Wildman–Crippen MR) is 68.7 cm³/mol. The van der Waals surface area contributed by atoms with Crippen molar-refractivity contribution < 1.29 is 4.39 Å². The molecule has 1 aliphatic rings. The first-order valence-electron chi connectivity index (χ1n) is 6.00. The van der Waals surface area contributed by atoms with Crippen molar-refractivity contribution in [2.45, 2.75) is 13.0 Å². The largest absolute Gasteiger partial charge is 0.319 e. The van der Waals surface area contributed by atoms with Crippen LogP contribution in [0.3, 0.4) is 0 Å². The van der Waals surface area contributed by atoms with Gasteiger partial charge in [0.25, 0.3) is 0 Å². The standard InChI is InChI=1S/C13H18ClFN2/c1-16-7-10-4-5-17(8-10)9-11-6-12(15)2-3-13(11)14/h2-3,6,10,16H,4-5,7-9H2,1H3. The van der Waals surface area contributed by atoms with E-state index in [2.05, 4.69) is 10.2 Å². The van der Waals surface area contributed by atoms with Gasteiger partial charge < -0.3 is 5.32 Å². The fourth-order valence-electron chi connectivity index (χ4n) is 2.42. The molecule has 2 rings (SSSR count). The molecule has 0 radical (unpaired) electrons. The van der Waals surface area contributed by atoms with Crippen molar-refractivity contribution in [3.8, 4) is 0 Å². The van der Waals surface area contributed by atoms with Crippen LogP contribution in [-0.2, 0) is 6.54 Å². The van der Waals surface area contributed by atoms with E-state index in [0.717, 1.165) is 31.7 Å². The maximum absolute atomic E-state index is 13.1. The minimum atomic E-state index is -0.213. The molecule has 2 nitrogen and oxygen atoms in total. The number of rotatable bonds is 4. The van der Waals surface area contributed by atoms with Crippen molar-refractivity contribution in [3.05, 3.63) is 34.6 Å². The van der Waals surface area contributed by atoms with Crippen LogP contribution in [0.15, 0.2) is 18.2 Å². The Balaban J connectivity index is 1.95. The fourth-order valence-corrected chi connectivity index (χ4v) is 2.59. The maximum atomic E-state index is 13.1. The molecule has 1 aromatic carbocycles. The van der Waals surface area contributed by atoms with E-state index in [-0.39, 0.29) is 5.82 Å². The quantitative estimate of drug-likeness (QED) is 0.891. The number of halogens is 2. The van der Waals surface area contributed by atoms with Gasteiger partial charge in [-0.25, -0.2) is 4.39 Å². The van der Waals surface area contributed by atoms with Crippen LogP contribution in [0.2, 0.25) is 5.02 Å². The highest BCUT2D eigenvalue weighted by Crippen LogP contribution is 2.22. The summed E-state index contributed by atoms with van der Waals surface area (Å²) in [6.45, 7) is 3.93. The Kier molecular flexibility index (Phi) is 4.37. The van der Waals surface area contributed by atoms with Gasteiger partial charge >= 0.3 is 0 Å². The molecule has 1 N–H and O–H groups in total. The van der Waals surface area contributed by atoms with Crippen LogP contribution >= 0.6 is 11.6 Å². The van der Waals surface area contributed by atoms with Crippen LogP contribution in [-0.4, -0.2) is 31.6 Å². The molecule has 1 heterocycles. The Morgan fingerprint density at radius 3 is 3.12 bits per heavy atom. The second-order valence-electron chi connectivity index (χ2n) is 4.68. The molecule has 0 aromatic heterocycles. The Hall–Kier alpha value is -0.640. The zero-order valence-electron chi connectivity index (χ0n) is 10.0. The number of hydrogen-bond donors (Lipinski definition) is 1. The molecular formula is C13H18ClFN2. The third kappa shape index (κ3) is 3.41. The molecule has 0 saturated carbocycles. The number of nitrogens with zero attached hydrogens (tertiary/aromatic N) is 1. The molecule has 0 amide bonds. The van der Waals surface area contributed by atoms with E-state index in [1.54, 1.807) is 6.07 Å². The molecule has 0 aliphatic carbocycles. The molecule has 17 heavy (non-hydrogen) atoms. The Morgan fingerprint density at radius 1 is 1.53 bits per heavy atom. The molecule has 1 saturated heterocycles. The van der Waals surface area contributed by atoms with Crippen molar-refractivity contribution in [3.63, 3.8) is 0 Å². The summed E-state index contributed by atoms with van der Waals surface area (Å²) in [5.41, 5.74) is 0.886. The third-order valence-electron chi connectivity index (χ3n) is 3.26. The summed E-state index contributed by atoms with van der Waals surface area (Å²) in [4.78, 5) is 2.34. The lowest BCUT2D eigenvalue weighted by Gasteiger charge is -2.17. The Bertz CT molecular complexity index is 384. The normalized spacial score (nSPS) is 21.0. The van der Waals surface area contributed by atoms with Crippen LogP contribution in [0.1, 0.15) is 12.0 Å². The Morgan fingerprint density at radius 2 is 2.35 bits per heavy atom. The van der Waals surface area contributed by atoms with Crippen molar-refractivity contribution in [1.29, 1.82) is 0 Å². The average molecular weight is 257 g/mol. The smallest absolute Gasteiger partial charge is 0.123 e. The summed E-state index contributed by atoms with van der Waals surface area (Å²) in [6.07, 6.45) is 1.20. The molecule has 1 unspecified atom stereocenters. The van der Waals surface area contributed by atoms with Crippen LogP contribution < -0.4 is 5.32 Å². The molecule has 1 aromatic rings. The lowest BCUT2D eigenvalue weighted by atomic mass is 10.1. The SMILES string of the molecule is CNCC1CCN(Cc2cc(F)ccc2Cl)C1. The molecule has 0 spiro atoms. The Labute approximate surface area is 107 Å². The molecule has 94 valence electrons. The van der Waals surface area contributed by atoms with Crippen LogP contribution in [0, 0.1) is 11.7 Å². The lowest BCUT2D eigenvalue weighted by Crippen LogP contribution is -2.24. The number of likely N-dealkylation sites (tertiary alicyclic amines) is 1. The van der Waals surface area contributed by atoms with Crippen molar-refractivity contribution in [1.82, 2.24) is 10.2 Å². The second kappa shape index (κ2) is 5.80. The van der Waals surface area contributed by atoms with Gasteiger partial charge in [0.15, 0.2) is 0 Å². The van der Waals surface area contributed by atoms with Crippen molar-refractivity contribution >= 4 is 11.6 Å². The van der Waals surface area contributed by atoms with Gasteiger partial charge in [0.1, 0.15) is 5.82 Å². The maximum Gasteiger partial charge on any atom is 0.123 e. The van der Waals surface area contributed by atoms with Crippen LogP contribution in [0.5, 0.6) is 0 Å². The van der Waals surface area contributed by atoms with E-state index in [9.17, 15) is 4.39 Å². The third-order valence-corrected chi connectivity index (χ3v) is 3.63. The van der Waals surface area contributed by atoms with Crippen LogP contribution in [0.25, 0.3) is 0 Å². The highest BCUT2D eigenvalue weighted by atomic mass is 35.5. The molecular weight excluding hydrogens is 239 g/mol. The zero-order valence-corrected chi connectivity index (χ0v) is 10.8. The summed E-state index contributed by atoms with van der Waals surface area (Å²) >= 11 is 6.07. The topological polar surface area (TPSA) is 15.3 Å². The van der Waals surface area contributed by atoms with Gasteiger partial charge in [0.05, 0.1) is 0 Å². The number of hydrogen-bond acceptors (Lipinski definition) is 2. The van der Waals surface area contributed by atoms with E-state index < -0.39 is 0 Å². The van der Waals surface area contributed by atoms with Gasteiger partial charge in [0.2, 0.25) is 0 Å². The van der Waals surface area contributed by atoms with Gasteiger partial charge in [-0.15, -0.1) is 0 Å². The van der Waals surface area contributed by atoms with Gasteiger partial charge in [0, 0.05) is 18.1 Å². The molecule has 1 fully saturated rings. The average Bonchev–Trinajstić information content (AvgIpc) is 2.72. The molecule has 0 bridgehead atoms. The van der Waals surface area contributed by atoms with Crippen molar-refractivity contribution in [2.24, 2.45) is 5.92 Å². The predicted octanol–water partition coefficient (Wildman–Crippen LogP) is 2.52. The van der Waals surface area contributed by atoms with E-state index in [4.69, 9.17) is 11.6 Å². The summed E-state index contributed by atoms with van der Waals surface area (Å²) < 4.78 is 13.1. The molecule has 4 heteroatoms. The number of nitrogens with one attached hydrogen (secondary N) is 1. The fraction of sp³-hybridized carbons (Fsp3) is 0.538. The van der Waals surface area contributed by atoms with Gasteiger partial charge in [-0.2, -0.15) is 0 Å². The summed E-state index contributed by atoms with van der Waals surface area (Å²) in [5, 5.41) is 3.86. The first-order chi connectivity index (χ1) is 8.19. The first-order valence-corrected chi connectivity index (χ1v) is 6.37. The zero-order chi connectivity index (χ0) is 12.3. The van der Waals surface area contributed by atoms with Gasteiger partial charge in [-0.1, -0.05) is 11.6 Å². The minimum Gasteiger partial charge on any atom is -0.319 e.